The van der Waals surface area contributed by atoms with Crippen molar-refractivity contribution in [2.45, 2.75) is 0 Å². The molecule has 0 unspecified atom stereocenters. The lowest BCUT2D eigenvalue weighted by molar-refractivity contribution is -0.167. The second-order valence-electron chi connectivity index (χ2n) is 3.12. The van der Waals surface area contributed by atoms with Gasteiger partial charge in [0.15, 0.2) is 0 Å². The Labute approximate surface area is 91.7 Å². The Bertz CT molecular complexity index is 297. The summed E-state index contributed by atoms with van der Waals surface area (Å²) >= 11 is 0. The number of azide groups is 1. The fraction of sp³-hybridized carbons (Fsp3) is 0.750. The average Bonchev–Trinajstić information content (AvgIpc) is 2.22. The third kappa shape index (κ3) is 4.74. The van der Waals surface area contributed by atoms with Crippen molar-refractivity contribution in [3.8, 4) is 0 Å². The van der Waals surface area contributed by atoms with E-state index >= 15 is 0 Å². The topological polar surface area (TPSA) is 105 Å². The highest BCUT2D eigenvalue weighted by molar-refractivity contribution is 5.90. The molecule has 0 aromatic heterocycles. The second-order valence-corrected chi connectivity index (χ2v) is 3.12. The Balaban J connectivity index is 2.10. The maximum Gasteiger partial charge on any atom is 0.327 e. The summed E-state index contributed by atoms with van der Waals surface area (Å²) in [5, 5.41) is 3.29. The molecule has 0 N–H and O–H groups in total. The summed E-state index contributed by atoms with van der Waals surface area (Å²) in [4.78, 5) is 26.0. The Hall–Kier alpha value is -1.63. The molecule has 88 valence electrons. The zero-order valence-corrected chi connectivity index (χ0v) is 8.66. The van der Waals surface area contributed by atoms with Crippen LogP contribution in [0.25, 0.3) is 10.4 Å². The van der Waals surface area contributed by atoms with E-state index in [4.69, 9.17) is 10.3 Å². The van der Waals surface area contributed by atoms with Crippen molar-refractivity contribution in [1.82, 2.24) is 4.90 Å². The molecule has 16 heavy (non-hydrogen) atoms. The minimum Gasteiger partial charge on any atom is -0.391 e. The van der Waals surface area contributed by atoms with Gasteiger partial charge < -0.3 is 9.47 Å². The molecule has 1 rings (SSSR count). The van der Waals surface area contributed by atoms with Gasteiger partial charge in [-0.25, -0.2) is 0 Å². The number of rotatable bonds is 6. The maximum absolute atomic E-state index is 10.9. The summed E-state index contributed by atoms with van der Waals surface area (Å²) in [5.41, 5.74) is 7.99. The predicted octanol–water partition coefficient (Wildman–Crippen LogP) is -0.301. The van der Waals surface area contributed by atoms with E-state index in [0.717, 1.165) is 0 Å². The number of nitrogens with zero attached hydrogens (tertiary/aromatic N) is 4. The van der Waals surface area contributed by atoms with Gasteiger partial charge >= 0.3 is 11.9 Å². The lowest BCUT2D eigenvalue weighted by atomic mass is 10.4. The highest BCUT2D eigenvalue weighted by Crippen LogP contribution is 1.99. The first-order valence-corrected chi connectivity index (χ1v) is 4.77. The molecule has 0 saturated carbocycles. The van der Waals surface area contributed by atoms with Crippen molar-refractivity contribution in [3.63, 3.8) is 0 Å². The first kappa shape index (κ1) is 12.4. The lowest BCUT2D eigenvalue weighted by Crippen LogP contribution is -2.44. The van der Waals surface area contributed by atoms with Crippen molar-refractivity contribution in [2.24, 2.45) is 5.11 Å². The lowest BCUT2D eigenvalue weighted by Gasteiger charge is -2.23. The monoisotopic (exact) mass is 228 g/mol. The Morgan fingerprint density at radius 3 is 2.69 bits per heavy atom. The number of carbonyl (C=O) groups excluding carboxylic acids is 2. The minimum atomic E-state index is -0.537. The highest BCUT2D eigenvalue weighted by Gasteiger charge is 2.23. The summed E-state index contributed by atoms with van der Waals surface area (Å²) in [6.45, 7) is 1.66. The van der Waals surface area contributed by atoms with Gasteiger partial charge in [-0.3, -0.25) is 14.5 Å². The van der Waals surface area contributed by atoms with Gasteiger partial charge in [-0.2, -0.15) is 0 Å². The summed E-state index contributed by atoms with van der Waals surface area (Å²) < 4.78 is 9.50. The van der Waals surface area contributed by atoms with Crippen molar-refractivity contribution >= 4 is 11.9 Å². The molecule has 0 aromatic carbocycles. The third-order valence-corrected chi connectivity index (χ3v) is 1.88. The van der Waals surface area contributed by atoms with Gasteiger partial charge in [0, 0.05) is 18.0 Å². The van der Waals surface area contributed by atoms with Gasteiger partial charge in [0.25, 0.3) is 0 Å². The molecule has 1 heterocycles. The number of cyclic esters (lactones) is 2. The van der Waals surface area contributed by atoms with Crippen LogP contribution < -0.4 is 0 Å². The standard InChI is InChI=1S/C8H12N4O4/c9-11-10-1-3-15-4-2-12-5-7(13)16-8(14)6-12/h1-6H2. The van der Waals surface area contributed by atoms with Crippen LogP contribution in [0.2, 0.25) is 0 Å². The van der Waals surface area contributed by atoms with E-state index in [-0.39, 0.29) is 19.6 Å². The molecular weight excluding hydrogens is 216 g/mol. The van der Waals surface area contributed by atoms with E-state index in [1.54, 1.807) is 4.90 Å². The van der Waals surface area contributed by atoms with Crippen LogP contribution in [0, 0.1) is 0 Å². The largest absolute Gasteiger partial charge is 0.391 e. The third-order valence-electron chi connectivity index (χ3n) is 1.88. The molecule has 0 aliphatic carbocycles. The van der Waals surface area contributed by atoms with Crippen LogP contribution in [0.4, 0.5) is 0 Å². The molecule has 8 heteroatoms. The fourth-order valence-electron chi connectivity index (χ4n) is 1.22. The summed E-state index contributed by atoms with van der Waals surface area (Å²) in [7, 11) is 0. The van der Waals surface area contributed by atoms with Gasteiger partial charge in [0.1, 0.15) is 0 Å². The van der Waals surface area contributed by atoms with Crippen molar-refractivity contribution in [2.75, 3.05) is 39.4 Å². The van der Waals surface area contributed by atoms with Crippen molar-refractivity contribution in [3.05, 3.63) is 10.4 Å². The number of hydrogen-bond acceptors (Lipinski definition) is 6. The van der Waals surface area contributed by atoms with Crippen LogP contribution in [0.1, 0.15) is 0 Å². The van der Waals surface area contributed by atoms with E-state index in [0.29, 0.717) is 19.8 Å². The summed E-state index contributed by atoms with van der Waals surface area (Å²) in [6, 6.07) is 0. The van der Waals surface area contributed by atoms with Crippen molar-refractivity contribution < 1.29 is 19.1 Å². The molecule has 0 bridgehead atoms. The van der Waals surface area contributed by atoms with Crippen LogP contribution in [-0.2, 0) is 19.1 Å². The fourth-order valence-corrected chi connectivity index (χ4v) is 1.22. The zero-order chi connectivity index (χ0) is 11.8. The number of ether oxygens (including phenoxy) is 2. The van der Waals surface area contributed by atoms with E-state index < -0.39 is 11.9 Å². The van der Waals surface area contributed by atoms with Crippen LogP contribution in [0.5, 0.6) is 0 Å². The highest BCUT2D eigenvalue weighted by atomic mass is 16.6. The molecule has 8 nitrogen and oxygen atoms in total. The molecule has 0 atom stereocenters. The first-order valence-electron chi connectivity index (χ1n) is 4.77. The van der Waals surface area contributed by atoms with Crippen LogP contribution in [-0.4, -0.2) is 56.2 Å². The van der Waals surface area contributed by atoms with Gasteiger partial charge in [-0.1, -0.05) is 5.11 Å². The average molecular weight is 228 g/mol. The van der Waals surface area contributed by atoms with Crippen LogP contribution >= 0.6 is 0 Å². The van der Waals surface area contributed by atoms with E-state index in [9.17, 15) is 9.59 Å². The molecule has 1 fully saturated rings. The molecule has 0 radical (unpaired) electrons. The summed E-state index contributed by atoms with van der Waals surface area (Å²) in [6.07, 6.45) is 0. The SMILES string of the molecule is [N-]=[N+]=NCCOCCN1CC(=O)OC(=O)C1. The molecular formula is C8H12N4O4. The Kier molecular flexibility index (Phi) is 5.27. The van der Waals surface area contributed by atoms with E-state index in [1.165, 1.54) is 0 Å². The van der Waals surface area contributed by atoms with Gasteiger partial charge in [0.2, 0.25) is 0 Å². The van der Waals surface area contributed by atoms with Gasteiger partial charge in [-0.15, -0.1) is 0 Å². The normalized spacial score (nSPS) is 16.8. The first-order chi connectivity index (χ1) is 7.72. The molecule has 1 aliphatic rings. The zero-order valence-electron chi connectivity index (χ0n) is 8.66. The molecule has 1 saturated heterocycles. The number of morpholine rings is 1. The van der Waals surface area contributed by atoms with Gasteiger partial charge in [-0.05, 0) is 5.53 Å². The van der Waals surface area contributed by atoms with E-state index in [2.05, 4.69) is 14.8 Å². The molecule has 0 spiro atoms. The smallest absolute Gasteiger partial charge is 0.327 e. The van der Waals surface area contributed by atoms with Crippen molar-refractivity contribution in [1.29, 1.82) is 0 Å². The molecule has 0 amide bonds. The number of hydrogen-bond donors (Lipinski definition) is 0. The Morgan fingerprint density at radius 1 is 1.38 bits per heavy atom. The maximum atomic E-state index is 10.9. The summed E-state index contributed by atoms with van der Waals surface area (Å²) in [5.74, 6) is -1.07. The van der Waals surface area contributed by atoms with E-state index in [1.807, 2.05) is 0 Å². The molecule has 0 aromatic rings. The Morgan fingerprint density at radius 2 is 2.06 bits per heavy atom. The number of esters is 2. The van der Waals surface area contributed by atoms with Crippen LogP contribution in [0.15, 0.2) is 5.11 Å². The second kappa shape index (κ2) is 6.78. The minimum absolute atomic E-state index is 0.103. The van der Waals surface area contributed by atoms with Gasteiger partial charge in [0.05, 0.1) is 26.3 Å². The van der Waals surface area contributed by atoms with Crippen LogP contribution in [0.3, 0.4) is 0 Å². The quantitative estimate of drug-likeness (QED) is 0.155. The molecule has 1 aliphatic heterocycles. The number of carbonyl (C=O) groups is 2. The predicted molar refractivity (Wildman–Crippen MR) is 52.4 cm³/mol.